The third-order valence-electron chi connectivity index (χ3n) is 5.80. The van der Waals surface area contributed by atoms with Crippen LogP contribution in [0.4, 0.5) is 36.2 Å². The van der Waals surface area contributed by atoms with E-state index in [1.165, 1.54) is 12.1 Å². The van der Waals surface area contributed by atoms with Gasteiger partial charge in [-0.3, -0.25) is 9.88 Å². The summed E-state index contributed by atoms with van der Waals surface area (Å²) in [6.07, 6.45) is 0.431. The number of pyridine rings is 1. The Balaban J connectivity index is 1.92. The average Bonchev–Trinajstić information content (AvgIpc) is 2.87. The number of aromatic nitrogens is 3. The van der Waals surface area contributed by atoms with E-state index in [1.54, 1.807) is 46.6 Å². The molecule has 8 heteroatoms. The number of hydrogen-bond acceptors (Lipinski definition) is 5. The molecule has 0 aliphatic carbocycles. The van der Waals surface area contributed by atoms with Crippen molar-refractivity contribution in [1.29, 1.82) is 0 Å². The highest BCUT2D eigenvalue weighted by Crippen LogP contribution is 2.42. The SMILES string of the molecule is CCN(CC)c1ccc(N(c2nccc(-c3cccnc3)n2)c2ccccc2C)cc1C(F)(F)F. The molecule has 2 aromatic carbocycles. The van der Waals surface area contributed by atoms with Crippen LogP contribution in [0.15, 0.2) is 79.3 Å². The zero-order chi connectivity index (χ0) is 25.0. The van der Waals surface area contributed by atoms with Gasteiger partial charge < -0.3 is 4.90 Å². The molecule has 180 valence electrons. The van der Waals surface area contributed by atoms with E-state index in [9.17, 15) is 13.2 Å². The molecule has 0 aliphatic rings. The summed E-state index contributed by atoms with van der Waals surface area (Å²) in [7, 11) is 0. The first kappa shape index (κ1) is 24.2. The Morgan fingerprint density at radius 3 is 2.29 bits per heavy atom. The smallest absolute Gasteiger partial charge is 0.372 e. The summed E-state index contributed by atoms with van der Waals surface area (Å²) in [5, 5.41) is 0. The van der Waals surface area contributed by atoms with E-state index in [1.807, 2.05) is 51.1 Å². The van der Waals surface area contributed by atoms with E-state index in [0.29, 0.717) is 30.2 Å². The number of para-hydroxylation sites is 1. The fourth-order valence-corrected chi connectivity index (χ4v) is 4.04. The van der Waals surface area contributed by atoms with Crippen molar-refractivity contribution in [1.82, 2.24) is 15.0 Å². The van der Waals surface area contributed by atoms with E-state index >= 15 is 0 Å². The largest absolute Gasteiger partial charge is 0.418 e. The van der Waals surface area contributed by atoms with Crippen molar-refractivity contribution in [2.45, 2.75) is 26.9 Å². The van der Waals surface area contributed by atoms with E-state index in [-0.39, 0.29) is 11.6 Å². The van der Waals surface area contributed by atoms with Crippen LogP contribution in [0.1, 0.15) is 25.0 Å². The van der Waals surface area contributed by atoms with Crippen molar-refractivity contribution in [2.75, 3.05) is 22.9 Å². The average molecular weight is 478 g/mol. The summed E-state index contributed by atoms with van der Waals surface area (Å²) >= 11 is 0. The van der Waals surface area contributed by atoms with Gasteiger partial charge in [0.25, 0.3) is 0 Å². The molecule has 0 unspecified atom stereocenters. The van der Waals surface area contributed by atoms with Crippen molar-refractivity contribution in [2.24, 2.45) is 0 Å². The second-order valence-corrected chi connectivity index (χ2v) is 7.98. The molecule has 0 bridgehead atoms. The van der Waals surface area contributed by atoms with Crippen molar-refractivity contribution in [3.8, 4) is 11.3 Å². The molecular formula is C27H26F3N5. The Morgan fingerprint density at radius 2 is 1.63 bits per heavy atom. The van der Waals surface area contributed by atoms with Crippen molar-refractivity contribution in [3.63, 3.8) is 0 Å². The first-order chi connectivity index (χ1) is 16.8. The molecule has 0 radical (unpaired) electrons. The first-order valence-electron chi connectivity index (χ1n) is 11.4. The number of aryl methyl sites for hydroxylation is 1. The Morgan fingerprint density at radius 1 is 0.857 bits per heavy atom. The maximum absolute atomic E-state index is 14.2. The van der Waals surface area contributed by atoms with Gasteiger partial charge in [0.2, 0.25) is 5.95 Å². The minimum absolute atomic E-state index is 0.154. The number of benzene rings is 2. The number of rotatable bonds is 7. The minimum atomic E-state index is -4.52. The molecule has 0 saturated heterocycles. The Labute approximate surface area is 202 Å². The summed E-state index contributed by atoms with van der Waals surface area (Å²) in [4.78, 5) is 16.7. The Hall–Kier alpha value is -3.94. The molecule has 4 rings (SSSR count). The summed E-state index contributed by atoms with van der Waals surface area (Å²) in [6, 6.07) is 17.3. The van der Waals surface area contributed by atoms with Crippen molar-refractivity contribution in [3.05, 3.63) is 90.4 Å². The van der Waals surface area contributed by atoms with Crippen LogP contribution in [0.2, 0.25) is 0 Å². The second kappa shape index (κ2) is 10.1. The molecule has 5 nitrogen and oxygen atoms in total. The zero-order valence-electron chi connectivity index (χ0n) is 19.8. The third kappa shape index (κ3) is 5.11. The van der Waals surface area contributed by atoms with Crippen LogP contribution in [0.5, 0.6) is 0 Å². The maximum Gasteiger partial charge on any atom is 0.418 e. The van der Waals surface area contributed by atoms with Crippen LogP contribution in [0, 0.1) is 6.92 Å². The van der Waals surface area contributed by atoms with Crippen LogP contribution in [-0.4, -0.2) is 28.0 Å². The third-order valence-corrected chi connectivity index (χ3v) is 5.80. The van der Waals surface area contributed by atoms with Gasteiger partial charge in [0, 0.05) is 48.6 Å². The van der Waals surface area contributed by atoms with E-state index in [2.05, 4.69) is 9.97 Å². The lowest BCUT2D eigenvalue weighted by Crippen LogP contribution is -2.25. The van der Waals surface area contributed by atoms with Crippen LogP contribution < -0.4 is 9.80 Å². The second-order valence-electron chi connectivity index (χ2n) is 7.98. The minimum Gasteiger partial charge on any atom is -0.372 e. The highest BCUT2D eigenvalue weighted by atomic mass is 19.4. The molecule has 2 heterocycles. The molecule has 0 amide bonds. The fourth-order valence-electron chi connectivity index (χ4n) is 4.04. The zero-order valence-corrected chi connectivity index (χ0v) is 19.8. The van der Waals surface area contributed by atoms with Gasteiger partial charge in [0.15, 0.2) is 0 Å². The topological polar surface area (TPSA) is 45.2 Å². The van der Waals surface area contributed by atoms with Crippen LogP contribution in [0.3, 0.4) is 0 Å². The molecule has 0 fully saturated rings. The lowest BCUT2D eigenvalue weighted by molar-refractivity contribution is -0.137. The number of alkyl halides is 3. The first-order valence-corrected chi connectivity index (χ1v) is 11.4. The molecule has 0 N–H and O–H groups in total. The van der Waals surface area contributed by atoms with E-state index in [0.717, 1.165) is 11.1 Å². The number of nitrogens with zero attached hydrogens (tertiary/aromatic N) is 5. The lowest BCUT2D eigenvalue weighted by atomic mass is 10.1. The number of hydrogen-bond donors (Lipinski definition) is 0. The molecule has 0 atom stereocenters. The van der Waals surface area contributed by atoms with Crippen LogP contribution >= 0.6 is 0 Å². The van der Waals surface area contributed by atoms with Crippen LogP contribution in [-0.2, 0) is 6.18 Å². The molecule has 4 aromatic rings. The summed E-state index contributed by atoms with van der Waals surface area (Å²) in [5.41, 5.74) is 2.77. The van der Waals surface area contributed by atoms with Gasteiger partial charge in [0.05, 0.1) is 16.9 Å². The Bertz CT molecular complexity index is 1290. The molecule has 0 spiro atoms. The summed E-state index contributed by atoms with van der Waals surface area (Å²) in [6.45, 7) is 6.53. The van der Waals surface area contributed by atoms with Gasteiger partial charge >= 0.3 is 6.18 Å². The van der Waals surface area contributed by atoms with Crippen LogP contribution in [0.25, 0.3) is 11.3 Å². The number of anilines is 4. The van der Waals surface area contributed by atoms with E-state index in [4.69, 9.17) is 4.98 Å². The van der Waals surface area contributed by atoms with E-state index < -0.39 is 11.7 Å². The molecule has 35 heavy (non-hydrogen) atoms. The van der Waals surface area contributed by atoms with Gasteiger partial charge in [-0.25, -0.2) is 9.97 Å². The number of halogens is 3. The highest BCUT2D eigenvalue weighted by molar-refractivity contribution is 5.78. The fraction of sp³-hybridized carbons (Fsp3) is 0.222. The van der Waals surface area contributed by atoms with Gasteiger partial charge in [-0.2, -0.15) is 13.2 Å². The standard InChI is InChI=1S/C27H26F3N5/c1-4-34(5-2)25-13-12-21(17-22(25)27(28,29)30)35(24-11-7-6-9-19(24)3)26-32-16-14-23(33-26)20-10-8-15-31-18-20/h6-18H,4-5H2,1-3H3. The van der Waals surface area contributed by atoms with Crippen molar-refractivity contribution >= 4 is 23.0 Å². The predicted molar refractivity (Wildman–Crippen MR) is 133 cm³/mol. The van der Waals surface area contributed by atoms with Gasteiger partial charge in [-0.05, 0) is 68.8 Å². The predicted octanol–water partition coefficient (Wildman–Crippen LogP) is 7.18. The summed E-state index contributed by atoms with van der Waals surface area (Å²) in [5.74, 6) is 0.268. The maximum atomic E-state index is 14.2. The molecular weight excluding hydrogens is 451 g/mol. The quantitative estimate of drug-likeness (QED) is 0.282. The molecule has 0 saturated carbocycles. The monoisotopic (exact) mass is 477 g/mol. The molecule has 2 aromatic heterocycles. The van der Waals surface area contributed by atoms with Gasteiger partial charge in [-0.15, -0.1) is 0 Å². The summed E-state index contributed by atoms with van der Waals surface area (Å²) < 4.78 is 42.6. The van der Waals surface area contributed by atoms with Crippen molar-refractivity contribution < 1.29 is 13.2 Å². The highest BCUT2D eigenvalue weighted by Gasteiger charge is 2.36. The van der Waals surface area contributed by atoms with Gasteiger partial charge in [0.1, 0.15) is 0 Å². The molecule has 0 aliphatic heterocycles. The van der Waals surface area contributed by atoms with Gasteiger partial charge in [-0.1, -0.05) is 18.2 Å². The lowest BCUT2D eigenvalue weighted by Gasteiger charge is -2.29. The normalized spacial score (nSPS) is 11.4. The Kier molecular flexibility index (Phi) is 7.00.